The molecule has 2 heterocycles. The molecule has 2 aromatic rings. The second kappa shape index (κ2) is 7.06. The van der Waals surface area contributed by atoms with E-state index < -0.39 is 0 Å². The van der Waals surface area contributed by atoms with Crippen LogP contribution in [0.4, 0.5) is 5.13 Å². The summed E-state index contributed by atoms with van der Waals surface area (Å²) >= 11 is 1.26. The van der Waals surface area contributed by atoms with Gasteiger partial charge in [0.2, 0.25) is 11.0 Å². The Morgan fingerprint density at radius 1 is 1.39 bits per heavy atom. The second-order valence-corrected chi connectivity index (χ2v) is 6.43. The van der Waals surface area contributed by atoms with Crippen molar-refractivity contribution in [3.8, 4) is 0 Å². The molecule has 3 rings (SSSR count). The van der Waals surface area contributed by atoms with E-state index in [-0.39, 0.29) is 11.9 Å². The average molecular weight is 332 g/mol. The molecule has 7 heteroatoms. The Balaban J connectivity index is 1.58. The van der Waals surface area contributed by atoms with Crippen molar-refractivity contribution in [2.75, 3.05) is 19.0 Å². The standard InChI is InChI=1S/C16H20N4O2S/c1-11-3-5-12(6-4-11)9-20-8-7-13(15(20)21)17-16-18-14(10-22-2)19-23-16/h3-6,13H,7-10H2,1-2H3,(H,17,18,19). The van der Waals surface area contributed by atoms with Crippen LogP contribution in [-0.2, 0) is 22.7 Å². The predicted octanol–water partition coefficient (Wildman–Crippen LogP) is 2.21. The molecule has 1 aromatic carbocycles. The third-order valence-electron chi connectivity index (χ3n) is 3.83. The van der Waals surface area contributed by atoms with Gasteiger partial charge in [-0.15, -0.1) is 0 Å². The zero-order chi connectivity index (χ0) is 16.2. The fourth-order valence-corrected chi connectivity index (χ4v) is 3.22. The molecule has 23 heavy (non-hydrogen) atoms. The number of hydrogen-bond acceptors (Lipinski definition) is 6. The van der Waals surface area contributed by atoms with E-state index in [9.17, 15) is 4.79 Å². The number of nitrogens with one attached hydrogen (secondary N) is 1. The number of nitrogens with zero attached hydrogens (tertiary/aromatic N) is 3. The molecule has 0 spiro atoms. The molecule has 1 fully saturated rings. The monoisotopic (exact) mass is 332 g/mol. The minimum Gasteiger partial charge on any atom is -0.377 e. The van der Waals surface area contributed by atoms with Gasteiger partial charge in [-0.1, -0.05) is 29.8 Å². The number of likely N-dealkylation sites (tertiary alicyclic amines) is 1. The number of amides is 1. The molecule has 0 bridgehead atoms. The van der Waals surface area contributed by atoms with Gasteiger partial charge in [0, 0.05) is 31.7 Å². The van der Waals surface area contributed by atoms with E-state index in [4.69, 9.17) is 4.74 Å². The highest BCUT2D eigenvalue weighted by Crippen LogP contribution is 2.20. The van der Waals surface area contributed by atoms with Crippen LogP contribution in [0, 0.1) is 6.92 Å². The lowest BCUT2D eigenvalue weighted by Crippen LogP contribution is -2.33. The molecule has 1 saturated heterocycles. The third kappa shape index (κ3) is 3.86. The lowest BCUT2D eigenvalue weighted by Gasteiger charge is -2.17. The molecule has 1 unspecified atom stereocenters. The Hall–Kier alpha value is -1.99. The fourth-order valence-electron chi connectivity index (χ4n) is 2.59. The molecule has 1 atom stereocenters. The number of anilines is 1. The molecule has 0 aliphatic carbocycles. The topological polar surface area (TPSA) is 67.3 Å². The first kappa shape index (κ1) is 15.9. The first-order valence-corrected chi connectivity index (χ1v) is 8.35. The molecule has 1 aromatic heterocycles. The second-order valence-electron chi connectivity index (χ2n) is 5.68. The number of aromatic nitrogens is 2. The number of methoxy groups -OCH3 is 1. The maximum absolute atomic E-state index is 12.5. The van der Waals surface area contributed by atoms with Crippen molar-refractivity contribution in [3.05, 3.63) is 41.2 Å². The molecule has 0 saturated carbocycles. The van der Waals surface area contributed by atoms with Gasteiger partial charge in [0.25, 0.3) is 0 Å². The van der Waals surface area contributed by atoms with E-state index in [0.29, 0.717) is 24.1 Å². The van der Waals surface area contributed by atoms with E-state index in [1.807, 2.05) is 4.90 Å². The number of benzene rings is 1. The molecule has 0 radical (unpaired) electrons. The average Bonchev–Trinajstić information content (AvgIpc) is 3.12. The molecular weight excluding hydrogens is 312 g/mol. The molecule has 1 N–H and O–H groups in total. The van der Waals surface area contributed by atoms with Crippen LogP contribution >= 0.6 is 11.5 Å². The minimum absolute atomic E-state index is 0.120. The van der Waals surface area contributed by atoms with Gasteiger partial charge >= 0.3 is 0 Å². The fraction of sp³-hybridized carbons (Fsp3) is 0.438. The quantitative estimate of drug-likeness (QED) is 0.878. The highest BCUT2D eigenvalue weighted by Gasteiger charge is 2.32. The van der Waals surface area contributed by atoms with Crippen LogP contribution in [0.15, 0.2) is 24.3 Å². The summed E-state index contributed by atoms with van der Waals surface area (Å²) in [5, 5.41) is 3.87. The number of carbonyl (C=O) groups is 1. The van der Waals surface area contributed by atoms with Gasteiger partial charge in [-0.25, -0.2) is 4.98 Å². The van der Waals surface area contributed by atoms with Crippen LogP contribution in [0.3, 0.4) is 0 Å². The highest BCUT2D eigenvalue weighted by molar-refractivity contribution is 7.09. The summed E-state index contributed by atoms with van der Waals surface area (Å²) in [6.07, 6.45) is 0.782. The number of carbonyl (C=O) groups excluding carboxylic acids is 1. The van der Waals surface area contributed by atoms with E-state index in [1.54, 1.807) is 7.11 Å². The smallest absolute Gasteiger partial charge is 0.245 e. The van der Waals surface area contributed by atoms with Crippen molar-refractivity contribution < 1.29 is 9.53 Å². The minimum atomic E-state index is -0.219. The lowest BCUT2D eigenvalue weighted by molar-refractivity contribution is -0.128. The van der Waals surface area contributed by atoms with Gasteiger partial charge in [-0.3, -0.25) is 4.79 Å². The van der Waals surface area contributed by atoms with Crippen LogP contribution in [0.2, 0.25) is 0 Å². The Morgan fingerprint density at radius 3 is 2.91 bits per heavy atom. The van der Waals surface area contributed by atoms with Crippen LogP contribution in [0.25, 0.3) is 0 Å². The Labute approximate surface area is 139 Å². The summed E-state index contributed by atoms with van der Waals surface area (Å²) in [5.74, 6) is 0.760. The van der Waals surface area contributed by atoms with Gasteiger partial charge in [-0.05, 0) is 18.9 Å². The van der Waals surface area contributed by atoms with Crippen LogP contribution < -0.4 is 5.32 Å². The van der Waals surface area contributed by atoms with Crippen molar-refractivity contribution in [1.29, 1.82) is 0 Å². The van der Waals surface area contributed by atoms with Crippen molar-refractivity contribution in [1.82, 2.24) is 14.3 Å². The summed E-state index contributed by atoms with van der Waals surface area (Å²) in [5.41, 5.74) is 2.38. The van der Waals surface area contributed by atoms with Gasteiger partial charge in [0.05, 0.1) is 0 Å². The van der Waals surface area contributed by atoms with Crippen molar-refractivity contribution in [3.63, 3.8) is 0 Å². The zero-order valence-corrected chi connectivity index (χ0v) is 14.1. The van der Waals surface area contributed by atoms with Crippen molar-refractivity contribution in [2.45, 2.75) is 32.5 Å². The van der Waals surface area contributed by atoms with Gasteiger partial charge in [0.15, 0.2) is 5.82 Å². The van der Waals surface area contributed by atoms with E-state index in [0.717, 1.165) is 18.5 Å². The van der Waals surface area contributed by atoms with E-state index in [2.05, 4.69) is 45.9 Å². The molecular formula is C16H20N4O2S. The number of rotatable bonds is 6. The van der Waals surface area contributed by atoms with Gasteiger partial charge in [0.1, 0.15) is 12.6 Å². The van der Waals surface area contributed by atoms with Crippen molar-refractivity contribution in [2.24, 2.45) is 0 Å². The normalized spacial score (nSPS) is 17.7. The summed E-state index contributed by atoms with van der Waals surface area (Å²) in [7, 11) is 1.61. The van der Waals surface area contributed by atoms with E-state index >= 15 is 0 Å². The summed E-state index contributed by atoms with van der Waals surface area (Å²) in [4.78, 5) is 18.7. The Morgan fingerprint density at radius 2 is 2.17 bits per heavy atom. The maximum Gasteiger partial charge on any atom is 0.245 e. The summed E-state index contributed by atoms with van der Waals surface area (Å²) < 4.78 is 9.19. The van der Waals surface area contributed by atoms with Crippen LogP contribution in [0.5, 0.6) is 0 Å². The molecule has 1 aliphatic rings. The number of hydrogen-bond donors (Lipinski definition) is 1. The van der Waals surface area contributed by atoms with Crippen molar-refractivity contribution >= 4 is 22.6 Å². The molecule has 122 valence electrons. The van der Waals surface area contributed by atoms with Crippen LogP contribution in [-0.4, -0.2) is 39.9 Å². The number of ether oxygens (including phenoxy) is 1. The number of aryl methyl sites for hydroxylation is 1. The summed E-state index contributed by atoms with van der Waals surface area (Å²) in [6.45, 7) is 3.86. The lowest BCUT2D eigenvalue weighted by atomic mass is 10.1. The zero-order valence-electron chi connectivity index (χ0n) is 13.3. The Kier molecular flexibility index (Phi) is 4.88. The molecule has 1 aliphatic heterocycles. The van der Waals surface area contributed by atoms with Gasteiger partial charge < -0.3 is 15.0 Å². The molecule has 6 nitrogen and oxygen atoms in total. The highest BCUT2D eigenvalue weighted by atomic mass is 32.1. The molecule has 1 amide bonds. The van der Waals surface area contributed by atoms with E-state index in [1.165, 1.54) is 17.1 Å². The first-order chi connectivity index (χ1) is 11.2. The first-order valence-electron chi connectivity index (χ1n) is 7.58. The Bertz CT molecular complexity index is 671. The largest absolute Gasteiger partial charge is 0.377 e. The predicted molar refractivity (Wildman–Crippen MR) is 89.2 cm³/mol. The van der Waals surface area contributed by atoms with Gasteiger partial charge in [-0.2, -0.15) is 4.37 Å². The summed E-state index contributed by atoms with van der Waals surface area (Å²) in [6, 6.07) is 8.08. The third-order valence-corrected chi connectivity index (χ3v) is 4.51. The van der Waals surface area contributed by atoms with Crippen LogP contribution in [0.1, 0.15) is 23.4 Å². The SMILES string of the molecule is COCc1nsc(NC2CCN(Cc3ccc(C)cc3)C2=O)n1. The maximum atomic E-state index is 12.5.